The molecular formula is C21H27N3O2S. The van der Waals surface area contributed by atoms with Crippen molar-refractivity contribution in [3.63, 3.8) is 0 Å². The summed E-state index contributed by atoms with van der Waals surface area (Å²) in [7, 11) is 0. The number of benzene rings is 1. The van der Waals surface area contributed by atoms with E-state index in [9.17, 15) is 9.59 Å². The maximum Gasteiger partial charge on any atom is 0.245 e. The van der Waals surface area contributed by atoms with Crippen molar-refractivity contribution in [1.82, 2.24) is 9.88 Å². The van der Waals surface area contributed by atoms with Gasteiger partial charge in [-0.05, 0) is 31.2 Å². The lowest BCUT2D eigenvalue weighted by Gasteiger charge is -2.22. The monoisotopic (exact) mass is 385 g/mol. The van der Waals surface area contributed by atoms with Crippen molar-refractivity contribution >= 4 is 28.3 Å². The fraction of sp³-hybridized carbons (Fsp3) is 0.476. The first-order valence-electron chi connectivity index (χ1n) is 9.64. The first-order chi connectivity index (χ1) is 13.1. The average molecular weight is 386 g/mol. The van der Waals surface area contributed by atoms with Crippen LogP contribution in [0.4, 0.5) is 5.13 Å². The van der Waals surface area contributed by atoms with Crippen LogP contribution in [0.5, 0.6) is 0 Å². The van der Waals surface area contributed by atoms with Gasteiger partial charge in [0, 0.05) is 23.5 Å². The SMILES string of the molecule is CCCCCN(CC(=O)Nc1ncc(C)s1)C(=O)[C@@H]1C[C@H]1c1ccccc1. The Morgan fingerprint density at radius 3 is 2.70 bits per heavy atom. The summed E-state index contributed by atoms with van der Waals surface area (Å²) in [5, 5.41) is 3.41. The van der Waals surface area contributed by atoms with E-state index in [1.54, 1.807) is 11.1 Å². The van der Waals surface area contributed by atoms with Gasteiger partial charge in [0.2, 0.25) is 11.8 Å². The molecule has 2 aromatic rings. The smallest absolute Gasteiger partial charge is 0.245 e. The van der Waals surface area contributed by atoms with Gasteiger partial charge in [0.05, 0.1) is 6.54 Å². The standard InChI is InChI=1S/C21H27N3O2S/c1-3-4-8-11-24(14-19(25)23-21-22-13-15(2)27-21)20(26)18-12-17(18)16-9-6-5-7-10-16/h5-7,9-10,13,17-18H,3-4,8,11-12,14H2,1-2H3,(H,22,23,25)/t17-,18+/m0/s1. The number of nitrogens with one attached hydrogen (secondary N) is 1. The molecule has 0 bridgehead atoms. The number of hydrogen-bond acceptors (Lipinski definition) is 4. The minimum Gasteiger partial charge on any atom is -0.333 e. The number of aromatic nitrogens is 1. The number of unbranched alkanes of at least 4 members (excludes halogenated alkanes) is 2. The summed E-state index contributed by atoms with van der Waals surface area (Å²) in [5.74, 6) is 0.220. The Morgan fingerprint density at radius 1 is 1.26 bits per heavy atom. The number of anilines is 1. The molecular weight excluding hydrogens is 358 g/mol. The second-order valence-corrected chi connectivity index (χ2v) is 8.39. The molecule has 0 radical (unpaired) electrons. The minimum atomic E-state index is -0.175. The molecule has 1 heterocycles. The number of aryl methyl sites for hydroxylation is 1. The quantitative estimate of drug-likeness (QED) is 0.658. The average Bonchev–Trinajstić information content (AvgIpc) is 3.37. The largest absolute Gasteiger partial charge is 0.333 e. The molecule has 5 nitrogen and oxygen atoms in total. The molecule has 1 aromatic carbocycles. The van der Waals surface area contributed by atoms with Gasteiger partial charge in [-0.15, -0.1) is 11.3 Å². The zero-order chi connectivity index (χ0) is 19.2. The Kier molecular flexibility index (Phi) is 6.61. The Bertz CT molecular complexity index is 775. The molecule has 6 heteroatoms. The van der Waals surface area contributed by atoms with Crippen LogP contribution in [0, 0.1) is 12.8 Å². The summed E-state index contributed by atoms with van der Waals surface area (Å²) < 4.78 is 0. The molecule has 1 saturated carbocycles. The molecule has 1 aromatic heterocycles. The maximum absolute atomic E-state index is 13.0. The van der Waals surface area contributed by atoms with E-state index < -0.39 is 0 Å². The predicted molar refractivity (Wildman–Crippen MR) is 109 cm³/mol. The van der Waals surface area contributed by atoms with E-state index in [-0.39, 0.29) is 30.2 Å². The zero-order valence-electron chi connectivity index (χ0n) is 16.0. The summed E-state index contributed by atoms with van der Waals surface area (Å²) in [5.41, 5.74) is 1.21. The van der Waals surface area contributed by atoms with E-state index in [1.807, 2.05) is 25.1 Å². The van der Waals surface area contributed by atoms with E-state index in [0.717, 1.165) is 30.6 Å². The number of carbonyl (C=O) groups is 2. The molecule has 1 aliphatic rings. The molecule has 0 saturated heterocycles. The fourth-order valence-corrected chi connectivity index (χ4v) is 4.02. The van der Waals surface area contributed by atoms with Crippen LogP contribution in [0.2, 0.25) is 0 Å². The second-order valence-electron chi connectivity index (χ2n) is 7.15. The van der Waals surface area contributed by atoms with Gasteiger partial charge in [-0.25, -0.2) is 4.98 Å². The molecule has 27 heavy (non-hydrogen) atoms. The number of thiazole rings is 1. The van der Waals surface area contributed by atoms with E-state index >= 15 is 0 Å². The van der Waals surface area contributed by atoms with Crippen LogP contribution in [0.15, 0.2) is 36.5 Å². The Hall–Kier alpha value is -2.21. The summed E-state index contributed by atoms with van der Waals surface area (Å²) in [4.78, 5) is 32.4. The molecule has 1 fully saturated rings. The molecule has 2 amide bonds. The van der Waals surface area contributed by atoms with Crippen LogP contribution >= 0.6 is 11.3 Å². The molecule has 0 spiro atoms. The van der Waals surface area contributed by atoms with Crippen molar-refractivity contribution in [2.45, 2.75) is 45.4 Å². The van der Waals surface area contributed by atoms with Crippen LogP contribution in [-0.4, -0.2) is 34.8 Å². The maximum atomic E-state index is 13.0. The van der Waals surface area contributed by atoms with Crippen LogP contribution < -0.4 is 5.32 Å². The van der Waals surface area contributed by atoms with Gasteiger partial charge in [0.15, 0.2) is 5.13 Å². The Morgan fingerprint density at radius 2 is 2.04 bits per heavy atom. The highest BCUT2D eigenvalue weighted by Crippen LogP contribution is 2.48. The highest BCUT2D eigenvalue weighted by atomic mass is 32.1. The van der Waals surface area contributed by atoms with Gasteiger partial charge in [-0.1, -0.05) is 50.1 Å². The lowest BCUT2D eigenvalue weighted by atomic mass is 10.1. The molecule has 1 aliphatic carbocycles. The molecule has 2 atom stereocenters. The second kappa shape index (κ2) is 9.13. The first-order valence-corrected chi connectivity index (χ1v) is 10.5. The number of nitrogens with zero attached hydrogens (tertiary/aromatic N) is 2. The van der Waals surface area contributed by atoms with Crippen molar-refractivity contribution in [3.05, 3.63) is 47.0 Å². The lowest BCUT2D eigenvalue weighted by molar-refractivity contribution is -0.136. The fourth-order valence-electron chi connectivity index (χ4n) is 3.34. The normalized spacial score (nSPS) is 18.1. The van der Waals surface area contributed by atoms with E-state index in [0.29, 0.717) is 11.7 Å². The van der Waals surface area contributed by atoms with Gasteiger partial charge in [-0.2, -0.15) is 0 Å². The van der Waals surface area contributed by atoms with Crippen molar-refractivity contribution in [3.8, 4) is 0 Å². The molecule has 144 valence electrons. The van der Waals surface area contributed by atoms with Crippen molar-refractivity contribution in [2.24, 2.45) is 5.92 Å². The molecule has 0 unspecified atom stereocenters. The topological polar surface area (TPSA) is 62.3 Å². The van der Waals surface area contributed by atoms with E-state index in [1.165, 1.54) is 16.9 Å². The molecule has 3 rings (SSSR count). The number of amides is 2. The van der Waals surface area contributed by atoms with Gasteiger partial charge >= 0.3 is 0 Å². The zero-order valence-corrected chi connectivity index (χ0v) is 16.8. The number of carbonyl (C=O) groups excluding carboxylic acids is 2. The number of hydrogen-bond donors (Lipinski definition) is 1. The highest BCUT2D eigenvalue weighted by Gasteiger charge is 2.45. The van der Waals surface area contributed by atoms with Crippen molar-refractivity contribution in [2.75, 3.05) is 18.4 Å². The third-order valence-corrected chi connectivity index (χ3v) is 5.71. The number of rotatable bonds is 9. The summed E-state index contributed by atoms with van der Waals surface area (Å²) in [6.45, 7) is 4.81. The van der Waals surface area contributed by atoms with Gasteiger partial charge in [0.1, 0.15) is 0 Å². The third-order valence-electron chi connectivity index (χ3n) is 4.88. The minimum absolute atomic E-state index is 0.00364. The summed E-state index contributed by atoms with van der Waals surface area (Å²) in [6, 6.07) is 10.2. The van der Waals surface area contributed by atoms with Gasteiger partial charge in [0.25, 0.3) is 0 Å². The Balaban J connectivity index is 1.60. The van der Waals surface area contributed by atoms with Gasteiger partial charge in [-0.3, -0.25) is 9.59 Å². The lowest BCUT2D eigenvalue weighted by Crippen LogP contribution is -2.39. The van der Waals surface area contributed by atoms with Gasteiger partial charge < -0.3 is 10.2 Å². The van der Waals surface area contributed by atoms with Crippen LogP contribution in [-0.2, 0) is 9.59 Å². The molecule has 1 N–H and O–H groups in total. The summed E-state index contributed by atoms with van der Waals surface area (Å²) in [6.07, 6.45) is 5.68. The summed E-state index contributed by atoms with van der Waals surface area (Å²) >= 11 is 1.44. The van der Waals surface area contributed by atoms with Crippen LogP contribution in [0.3, 0.4) is 0 Å². The molecule has 0 aliphatic heterocycles. The van der Waals surface area contributed by atoms with E-state index in [4.69, 9.17) is 0 Å². The van der Waals surface area contributed by atoms with Crippen LogP contribution in [0.25, 0.3) is 0 Å². The Labute approximate surface area is 164 Å². The third kappa shape index (κ3) is 5.39. The van der Waals surface area contributed by atoms with E-state index in [2.05, 4.69) is 29.4 Å². The van der Waals surface area contributed by atoms with Crippen LogP contribution in [0.1, 0.15) is 49.0 Å². The van der Waals surface area contributed by atoms with Crippen molar-refractivity contribution in [1.29, 1.82) is 0 Å². The first kappa shape index (κ1) is 19.5. The predicted octanol–water partition coefficient (Wildman–Crippen LogP) is 4.21. The van der Waals surface area contributed by atoms with Crippen molar-refractivity contribution < 1.29 is 9.59 Å². The highest BCUT2D eigenvalue weighted by molar-refractivity contribution is 7.15.